The number of nitriles is 1. The van der Waals surface area contributed by atoms with Gasteiger partial charge in [0, 0.05) is 11.6 Å². The minimum Gasteiger partial charge on any atom is -0.479 e. The molecule has 0 aliphatic carbocycles. The predicted molar refractivity (Wildman–Crippen MR) is 109 cm³/mol. The molecule has 2 unspecified atom stereocenters. The summed E-state index contributed by atoms with van der Waals surface area (Å²) in [5.41, 5.74) is 0.526. The smallest absolute Gasteiger partial charge is 0.184 e. The molecule has 0 saturated carbocycles. The third-order valence-electron chi connectivity index (χ3n) is 4.93. The predicted octanol–water partition coefficient (Wildman–Crippen LogP) is 4.87. The molecule has 0 spiro atoms. The second kappa shape index (κ2) is 8.75. The molecular weight excluding hydrogens is 385 g/mol. The molecule has 3 rings (SSSR count). The Bertz CT molecular complexity index is 991. The summed E-state index contributed by atoms with van der Waals surface area (Å²) in [6.45, 7) is 5.87. The zero-order valence-electron chi connectivity index (χ0n) is 17.3. The fraction of sp³-hybridized carbons (Fsp3) is 0.375. The van der Waals surface area contributed by atoms with Gasteiger partial charge in [-0.15, -0.1) is 6.42 Å². The quantitative estimate of drug-likeness (QED) is 0.611. The molecule has 156 valence electrons. The van der Waals surface area contributed by atoms with Gasteiger partial charge in [0.05, 0.1) is 6.61 Å². The lowest BCUT2D eigenvalue weighted by molar-refractivity contribution is -0.164. The summed E-state index contributed by atoms with van der Waals surface area (Å²) in [6, 6.07) is 13.3. The van der Waals surface area contributed by atoms with Crippen molar-refractivity contribution in [3.8, 4) is 29.9 Å². The van der Waals surface area contributed by atoms with E-state index >= 15 is 0 Å². The number of ether oxygens (including phenoxy) is 4. The van der Waals surface area contributed by atoms with Gasteiger partial charge in [0.2, 0.25) is 0 Å². The highest BCUT2D eigenvalue weighted by molar-refractivity contribution is 5.37. The molecule has 1 saturated heterocycles. The van der Waals surface area contributed by atoms with Crippen molar-refractivity contribution in [1.82, 2.24) is 0 Å². The molecule has 1 fully saturated rings. The maximum absolute atomic E-state index is 14.5. The third kappa shape index (κ3) is 4.74. The molecule has 0 bridgehead atoms. The summed E-state index contributed by atoms with van der Waals surface area (Å²) < 4.78 is 37.6. The van der Waals surface area contributed by atoms with Crippen molar-refractivity contribution < 1.29 is 23.3 Å². The number of hydrogen-bond acceptors (Lipinski definition) is 5. The van der Waals surface area contributed by atoms with Gasteiger partial charge >= 0.3 is 0 Å². The van der Waals surface area contributed by atoms with E-state index in [4.69, 9.17) is 30.6 Å². The molecule has 30 heavy (non-hydrogen) atoms. The molecule has 0 amide bonds. The Morgan fingerprint density at radius 1 is 1.23 bits per heavy atom. The van der Waals surface area contributed by atoms with Crippen molar-refractivity contribution in [2.24, 2.45) is 0 Å². The van der Waals surface area contributed by atoms with Crippen LogP contribution < -0.4 is 9.47 Å². The average Bonchev–Trinajstić information content (AvgIpc) is 3.06. The second-order valence-corrected chi connectivity index (χ2v) is 7.50. The van der Waals surface area contributed by atoms with Crippen molar-refractivity contribution >= 4 is 0 Å². The van der Waals surface area contributed by atoms with Crippen LogP contribution in [-0.4, -0.2) is 19.0 Å². The normalized spacial score (nSPS) is 20.7. The second-order valence-electron chi connectivity index (χ2n) is 7.50. The Balaban J connectivity index is 1.88. The van der Waals surface area contributed by atoms with Gasteiger partial charge in [0.1, 0.15) is 29.0 Å². The lowest BCUT2D eigenvalue weighted by atomic mass is 9.91. The van der Waals surface area contributed by atoms with Crippen LogP contribution in [0.25, 0.3) is 0 Å². The maximum atomic E-state index is 14.5. The fourth-order valence-electron chi connectivity index (χ4n) is 3.45. The molecular formula is C24H24FNO4. The van der Waals surface area contributed by atoms with Gasteiger partial charge < -0.3 is 18.9 Å². The van der Waals surface area contributed by atoms with Crippen molar-refractivity contribution in [3.05, 3.63) is 59.4 Å². The van der Waals surface area contributed by atoms with Crippen LogP contribution in [0.2, 0.25) is 0 Å². The highest BCUT2D eigenvalue weighted by Gasteiger charge is 2.45. The molecule has 0 radical (unpaired) electrons. The molecule has 2 aromatic carbocycles. The molecule has 0 aromatic heterocycles. The number of hydrogen-bond donors (Lipinski definition) is 0. The molecule has 5 nitrogen and oxygen atoms in total. The van der Waals surface area contributed by atoms with Crippen molar-refractivity contribution in [2.75, 3.05) is 13.2 Å². The summed E-state index contributed by atoms with van der Waals surface area (Å²) in [5, 5.41) is 8.68. The van der Waals surface area contributed by atoms with Gasteiger partial charge in [0.15, 0.2) is 18.5 Å². The number of benzene rings is 2. The largest absolute Gasteiger partial charge is 0.479 e. The van der Waals surface area contributed by atoms with Gasteiger partial charge in [-0.1, -0.05) is 25.0 Å². The molecule has 2 atom stereocenters. The highest BCUT2D eigenvalue weighted by atomic mass is 19.1. The van der Waals surface area contributed by atoms with Crippen molar-refractivity contribution in [1.29, 1.82) is 5.26 Å². The molecule has 6 heteroatoms. The summed E-state index contributed by atoms with van der Waals surface area (Å²) >= 11 is 0. The molecule has 1 aliphatic rings. The van der Waals surface area contributed by atoms with E-state index in [0.717, 1.165) is 0 Å². The zero-order chi connectivity index (χ0) is 21.8. The van der Waals surface area contributed by atoms with E-state index in [2.05, 4.69) is 5.92 Å². The van der Waals surface area contributed by atoms with Crippen LogP contribution in [0, 0.1) is 29.5 Å². The minimum atomic E-state index is -0.764. The first-order valence-corrected chi connectivity index (χ1v) is 9.68. The molecule has 0 N–H and O–H groups in total. The SMILES string of the molecule is C#CC(Oc1cc(F)cc(C2(CC)COC(C)(C)O2)c1)c1cccc(OCC#N)c1. The topological polar surface area (TPSA) is 60.7 Å². The fourth-order valence-corrected chi connectivity index (χ4v) is 3.45. The molecule has 1 heterocycles. The van der Waals surface area contributed by atoms with E-state index in [0.29, 0.717) is 29.9 Å². The first-order chi connectivity index (χ1) is 14.3. The highest BCUT2D eigenvalue weighted by Crippen LogP contribution is 2.42. The number of nitrogens with zero attached hydrogens (tertiary/aromatic N) is 1. The lowest BCUT2D eigenvalue weighted by Crippen LogP contribution is -2.31. The van der Waals surface area contributed by atoms with Crippen LogP contribution in [0.5, 0.6) is 11.5 Å². The zero-order valence-corrected chi connectivity index (χ0v) is 17.3. The van der Waals surface area contributed by atoms with E-state index in [1.54, 1.807) is 30.3 Å². The first kappa shape index (κ1) is 21.6. The van der Waals surface area contributed by atoms with Gasteiger partial charge in [-0.05, 0) is 50.1 Å². The van der Waals surface area contributed by atoms with Crippen LogP contribution in [0.1, 0.15) is 44.4 Å². The van der Waals surface area contributed by atoms with E-state index in [1.165, 1.54) is 12.1 Å². The van der Waals surface area contributed by atoms with Crippen molar-refractivity contribution in [2.45, 2.75) is 44.7 Å². The minimum absolute atomic E-state index is 0.0736. The third-order valence-corrected chi connectivity index (χ3v) is 4.93. The Hall–Kier alpha value is -3.06. The Kier molecular flexibility index (Phi) is 6.31. The number of rotatable bonds is 7. The van der Waals surface area contributed by atoms with Crippen LogP contribution >= 0.6 is 0 Å². The van der Waals surface area contributed by atoms with Gasteiger partial charge in [-0.3, -0.25) is 0 Å². The Morgan fingerprint density at radius 3 is 2.67 bits per heavy atom. The molecule has 1 aliphatic heterocycles. The first-order valence-electron chi connectivity index (χ1n) is 9.68. The maximum Gasteiger partial charge on any atom is 0.184 e. The van der Waals surface area contributed by atoms with E-state index in [1.807, 2.05) is 26.8 Å². The summed E-state index contributed by atoms with van der Waals surface area (Å²) in [7, 11) is 0. The monoisotopic (exact) mass is 409 g/mol. The average molecular weight is 409 g/mol. The lowest BCUT2D eigenvalue weighted by Gasteiger charge is -2.29. The van der Waals surface area contributed by atoms with Gasteiger partial charge in [-0.25, -0.2) is 4.39 Å². The van der Waals surface area contributed by atoms with E-state index < -0.39 is 23.3 Å². The van der Waals surface area contributed by atoms with Crippen LogP contribution in [-0.2, 0) is 15.1 Å². The van der Waals surface area contributed by atoms with Gasteiger partial charge in [-0.2, -0.15) is 5.26 Å². The number of halogens is 1. The van der Waals surface area contributed by atoms with Crippen LogP contribution in [0.4, 0.5) is 4.39 Å². The summed E-state index contributed by atoms with van der Waals surface area (Å²) in [6.07, 6.45) is 5.53. The summed E-state index contributed by atoms with van der Waals surface area (Å²) in [4.78, 5) is 0. The van der Waals surface area contributed by atoms with Crippen LogP contribution in [0.3, 0.4) is 0 Å². The van der Waals surface area contributed by atoms with Crippen molar-refractivity contribution in [3.63, 3.8) is 0 Å². The Morgan fingerprint density at radius 2 is 2.03 bits per heavy atom. The van der Waals surface area contributed by atoms with Crippen LogP contribution in [0.15, 0.2) is 42.5 Å². The summed E-state index contributed by atoms with van der Waals surface area (Å²) in [5.74, 6) is 2.16. The standard InChI is InChI=1S/C24H24FNO4/c1-5-22(17-8-7-9-20(12-17)27-11-10-26)29-21-14-18(13-19(25)15-21)24(6-2)16-28-23(3,4)30-24/h1,7-9,12-15,22H,6,11,16H2,2-4H3. The van der Waals surface area contributed by atoms with E-state index in [9.17, 15) is 4.39 Å². The number of terminal acetylenes is 1. The van der Waals surface area contributed by atoms with E-state index in [-0.39, 0.29) is 12.4 Å². The van der Waals surface area contributed by atoms with Gasteiger partial charge in [0.25, 0.3) is 0 Å². The molecule has 2 aromatic rings. The Labute approximate surface area is 176 Å².